The number of aromatic amines is 1. The number of rotatable bonds is 4. The SMILES string of the molecule is C/C=C(\C=C/CC)c1n[nH]c(C2CCC(C)CC2)c1F. The average Bonchev–Trinajstić information content (AvgIpc) is 2.83. The summed E-state index contributed by atoms with van der Waals surface area (Å²) in [5, 5.41) is 7.16. The lowest BCUT2D eigenvalue weighted by Crippen LogP contribution is -2.12. The molecule has 0 bridgehead atoms. The fraction of sp³-hybridized carbons (Fsp3) is 0.588. The molecule has 0 aliphatic heterocycles. The summed E-state index contributed by atoms with van der Waals surface area (Å²) in [6.07, 6.45) is 11.3. The number of H-pyrrole nitrogens is 1. The zero-order valence-electron chi connectivity index (χ0n) is 12.7. The highest BCUT2D eigenvalue weighted by Crippen LogP contribution is 2.36. The highest BCUT2D eigenvalue weighted by atomic mass is 19.1. The van der Waals surface area contributed by atoms with Crippen LogP contribution in [0.5, 0.6) is 0 Å². The van der Waals surface area contributed by atoms with Crippen LogP contribution in [0.4, 0.5) is 4.39 Å². The van der Waals surface area contributed by atoms with Gasteiger partial charge in [0.05, 0.1) is 5.69 Å². The van der Waals surface area contributed by atoms with E-state index in [9.17, 15) is 4.39 Å². The third kappa shape index (κ3) is 3.20. The van der Waals surface area contributed by atoms with E-state index in [-0.39, 0.29) is 5.82 Å². The summed E-state index contributed by atoms with van der Waals surface area (Å²) >= 11 is 0. The summed E-state index contributed by atoms with van der Waals surface area (Å²) < 4.78 is 14.6. The molecule has 3 heteroatoms. The van der Waals surface area contributed by atoms with E-state index in [1.165, 1.54) is 12.8 Å². The van der Waals surface area contributed by atoms with Crippen molar-refractivity contribution in [3.63, 3.8) is 0 Å². The second-order valence-electron chi connectivity index (χ2n) is 5.81. The Hall–Kier alpha value is -1.38. The van der Waals surface area contributed by atoms with Gasteiger partial charge in [-0.25, -0.2) is 4.39 Å². The Balaban J connectivity index is 2.20. The molecule has 0 atom stereocenters. The topological polar surface area (TPSA) is 28.7 Å². The lowest BCUT2D eigenvalue weighted by atomic mass is 9.81. The van der Waals surface area contributed by atoms with Gasteiger partial charge in [-0.2, -0.15) is 5.10 Å². The molecule has 20 heavy (non-hydrogen) atoms. The summed E-state index contributed by atoms with van der Waals surface area (Å²) in [6, 6.07) is 0. The average molecular weight is 276 g/mol. The number of allylic oxidation sites excluding steroid dienone is 4. The Bertz CT molecular complexity index is 491. The van der Waals surface area contributed by atoms with E-state index >= 15 is 0 Å². The van der Waals surface area contributed by atoms with Crippen LogP contribution in [0.3, 0.4) is 0 Å². The standard InChI is InChI=1S/C17H25FN2/c1-4-6-7-13(5-2)16-15(18)17(20-19-16)14-10-8-12(3)9-11-14/h5-7,12,14H,4,8-11H2,1-3H3,(H,19,20)/b7-6-,13-5+. The van der Waals surface area contributed by atoms with Gasteiger partial charge >= 0.3 is 0 Å². The number of hydrogen-bond acceptors (Lipinski definition) is 1. The highest BCUT2D eigenvalue weighted by Gasteiger charge is 2.26. The first-order chi connectivity index (χ1) is 9.67. The number of halogens is 1. The molecule has 2 rings (SSSR count). The number of hydrogen-bond donors (Lipinski definition) is 1. The summed E-state index contributed by atoms with van der Waals surface area (Å²) in [7, 11) is 0. The summed E-state index contributed by atoms with van der Waals surface area (Å²) in [6.45, 7) is 6.27. The zero-order valence-corrected chi connectivity index (χ0v) is 12.7. The van der Waals surface area contributed by atoms with Crippen molar-refractivity contribution >= 4 is 5.57 Å². The predicted octanol–water partition coefficient (Wildman–Crippen LogP) is 5.21. The van der Waals surface area contributed by atoms with Gasteiger partial charge in [0, 0.05) is 11.5 Å². The van der Waals surface area contributed by atoms with Gasteiger partial charge in [-0.15, -0.1) is 0 Å². The van der Waals surface area contributed by atoms with Gasteiger partial charge in [0.25, 0.3) is 0 Å². The largest absolute Gasteiger partial charge is 0.279 e. The molecule has 1 heterocycles. The van der Waals surface area contributed by atoms with Crippen LogP contribution in [0.25, 0.3) is 5.57 Å². The maximum atomic E-state index is 14.6. The van der Waals surface area contributed by atoms with Crippen molar-refractivity contribution in [3.05, 3.63) is 35.4 Å². The molecule has 0 spiro atoms. The van der Waals surface area contributed by atoms with E-state index < -0.39 is 0 Å². The van der Waals surface area contributed by atoms with E-state index in [1.807, 2.05) is 25.2 Å². The maximum absolute atomic E-state index is 14.6. The first kappa shape index (κ1) is 15.0. The van der Waals surface area contributed by atoms with Gasteiger partial charge in [-0.1, -0.05) is 44.9 Å². The minimum atomic E-state index is -0.154. The van der Waals surface area contributed by atoms with Crippen molar-refractivity contribution in [1.29, 1.82) is 0 Å². The van der Waals surface area contributed by atoms with Crippen molar-refractivity contribution in [1.82, 2.24) is 10.2 Å². The van der Waals surface area contributed by atoms with Crippen molar-refractivity contribution in [3.8, 4) is 0 Å². The number of aromatic nitrogens is 2. The van der Waals surface area contributed by atoms with Gasteiger partial charge < -0.3 is 0 Å². The Morgan fingerprint density at radius 2 is 2.05 bits per heavy atom. The van der Waals surface area contributed by atoms with Crippen LogP contribution in [0.15, 0.2) is 18.2 Å². The van der Waals surface area contributed by atoms with E-state index in [0.29, 0.717) is 17.3 Å². The molecule has 0 aromatic carbocycles. The Morgan fingerprint density at radius 3 is 2.65 bits per heavy atom. The first-order valence-electron chi connectivity index (χ1n) is 7.74. The zero-order chi connectivity index (χ0) is 14.5. The molecule has 1 fully saturated rings. The molecule has 1 aromatic rings. The molecular formula is C17H25FN2. The van der Waals surface area contributed by atoms with E-state index in [1.54, 1.807) is 0 Å². The van der Waals surface area contributed by atoms with Gasteiger partial charge in [0.1, 0.15) is 5.69 Å². The lowest BCUT2D eigenvalue weighted by molar-refractivity contribution is 0.338. The monoisotopic (exact) mass is 276 g/mol. The fourth-order valence-electron chi connectivity index (χ4n) is 2.91. The second-order valence-corrected chi connectivity index (χ2v) is 5.81. The van der Waals surface area contributed by atoms with E-state index in [0.717, 1.165) is 30.8 Å². The molecule has 1 N–H and O–H groups in total. The molecule has 0 amide bonds. The van der Waals surface area contributed by atoms with Gasteiger partial charge in [0.15, 0.2) is 5.82 Å². The molecule has 1 aliphatic rings. The molecule has 1 aromatic heterocycles. The van der Waals surface area contributed by atoms with Crippen molar-refractivity contribution in [2.24, 2.45) is 5.92 Å². The molecule has 1 saturated carbocycles. The fourth-order valence-corrected chi connectivity index (χ4v) is 2.91. The second kappa shape index (κ2) is 6.87. The van der Waals surface area contributed by atoms with Crippen LogP contribution in [0.2, 0.25) is 0 Å². The molecule has 1 aliphatic carbocycles. The van der Waals surface area contributed by atoms with Crippen LogP contribution >= 0.6 is 0 Å². The quantitative estimate of drug-likeness (QED) is 0.751. The van der Waals surface area contributed by atoms with Crippen LogP contribution in [-0.4, -0.2) is 10.2 Å². The first-order valence-corrected chi connectivity index (χ1v) is 7.74. The van der Waals surface area contributed by atoms with Crippen molar-refractivity contribution < 1.29 is 4.39 Å². The minimum Gasteiger partial charge on any atom is -0.279 e. The van der Waals surface area contributed by atoms with E-state index in [4.69, 9.17) is 0 Å². The van der Waals surface area contributed by atoms with Crippen LogP contribution in [0, 0.1) is 11.7 Å². The molecule has 0 unspecified atom stereocenters. The summed E-state index contributed by atoms with van der Waals surface area (Å²) in [4.78, 5) is 0. The third-order valence-corrected chi connectivity index (χ3v) is 4.27. The maximum Gasteiger partial charge on any atom is 0.172 e. The van der Waals surface area contributed by atoms with Crippen LogP contribution in [0.1, 0.15) is 70.2 Å². The third-order valence-electron chi connectivity index (χ3n) is 4.27. The smallest absolute Gasteiger partial charge is 0.172 e. The summed E-state index contributed by atoms with van der Waals surface area (Å²) in [5.41, 5.74) is 2.03. The van der Waals surface area contributed by atoms with Gasteiger partial charge in [-0.05, 0) is 32.1 Å². The van der Waals surface area contributed by atoms with E-state index in [2.05, 4.69) is 24.0 Å². The van der Waals surface area contributed by atoms with Crippen LogP contribution in [-0.2, 0) is 0 Å². The Kier molecular flexibility index (Phi) is 5.16. The Labute approximate surface area is 121 Å². The highest BCUT2D eigenvalue weighted by molar-refractivity contribution is 5.71. The molecule has 2 nitrogen and oxygen atoms in total. The molecule has 110 valence electrons. The number of nitrogens with one attached hydrogen (secondary N) is 1. The predicted molar refractivity (Wildman–Crippen MR) is 82.0 cm³/mol. The molecule has 0 radical (unpaired) electrons. The molecule has 0 saturated heterocycles. The summed E-state index contributed by atoms with van der Waals surface area (Å²) in [5.74, 6) is 0.925. The van der Waals surface area contributed by atoms with Crippen LogP contribution < -0.4 is 0 Å². The van der Waals surface area contributed by atoms with Crippen molar-refractivity contribution in [2.45, 2.75) is 58.8 Å². The van der Waals surface area contributed by atoms with Crippen molar-refractivity contribution in [2.75, 3.05) is 0 Å². The Morgan fingerprint density at radius 1 is 1.35 bits per heavy atom. The minimum absolute atomic E-state index is 0.154. The normalized spacial score (nSPS) is 24.5. The van der Waals surface area contributed by atoms with Gasteiger partial charge in [0.2, 0.25) is 0 Å². The van der Waals surface area contributed by atoms with Gasteiger partial charge in [-0.3, -0.25) is 5.10 Å². The number of nitrogens with zero attached hydrogens (tertiary/aromatic N) is 1. The lowest BCUT2D eigenvalue weighted by Gasteiger charge is -2.25. The molecular weight excluding hydrogens is 251 g/mol.